The molecule has 0 spiro atoms. The van der Waals surface area contributed by atoms with Crippen LogP contribution >= 0.6 is 0 Å². The highest BCUT2D eigenvalue weighted by Gasteiger charge is 2.39. The van der Waals surface area contributed by atoms with Gasteiger partial charge >= 0.3 is 11.9 Å². The molecule has 0 N–H and O–H groups in total. The summed E-state index contributed by atoms with van der Waals surface area (Å²) in [6.07, 6.45) is 0. The molecule has 2 aromatic rings. The zero-order valence-electron chi connectivity index (χ0n) is 13.6. The Balaban J connectivity index is 2.23. The van der Waals surface area contributed by atoms with Crippen molar-refractivity contribution < 1.29 is 19.1 Å². The zero-order valence-corrected chi connectivity index (χ0v) is 13.6. The Labute approximate surface area is 140 Å². The van der Waals surface area contributed by atoms with Gasteiger partial charge in [0.15, 0.2) is 0 Å². The van der Waals surface area contributed by atoms with Gasteiger partial charge < -0.3 is 9.47 Å². The van der Waals surface area contributed by atoms with Gasteiger partial charge in [0, 0.05) is 12.5 Å². The summed E-state index contributed by atoms with van der Waals surface area (Å²) >= 11 is 0. The summed E-state index contributed by atoms with van der Waals surface area (Å²) in [5, 5.41) is 0. The molecule has 0 bridgehead atoms. The number of ether oxygens (including phenoxy) is 2. The average molecular weight is 322 g/mol. The average Bonchev–Trinajstić information content (AvgIpc) is 2.89. The number of hydrogen-bond acceptors (Lipinski definition) is 4. The lowest BCUT2D eigenvalue weighted by molar-refractivity contribution is -0.146. The summed E-state index contributed by atoms with van der Waals surface area (Å²) in [5.74, 6) is -1.25. The van der Waals surface area contributed by atoms with E-state index in [9.17, 15) is 9.59 Å². The lowest BCUT2D eigenvalue weighted by Gasteiger charge is -2.15. The fourth-order valence-electron chi connectivity index (χ4n) is 3.02. The van der Waals surface area contributed by atoms with Gasteiger partial charge in [-0.05, 0) is 23.6 Å². The number of benzene rings is 2. The maximum Gasteiger partial charge on any atom is 0.321 e. The molecule has 1 atom stereocenters. The van der Waals surface area contributed by atoms with Crippen LogP contribution in [0.5, 0.6) is 0 Å². The standard InChI is InChI=1S/C20H18O4/c1-3-23-20(22)18-16-12-8-7-11-15(16)17(19(18)24-13(2)21)14-9-5-4-6-10-14/h4-12,18H,3H2,1-2H3. The Hall–Kier alpha value is -2.88. The van der Waals surface area contributed by atoms with E-state index >= 15 is 0 Å². The molecule has 0 fully saturated rings. The van der Waals surface area contributed by atoms with Crippen LogP contribution in [0.3, 0.4) is 0 Å². The number of carbonyl (C=O) groups excluding carboxylic acids is 2. The summed E-state index contributed by atoms with van der Waals surface area (Å²) in [6.45, 7) is 3.36. The van der Waals surface area contributed by atoms with Crippen molar-refractivity contribution in [3.05, 3.63) is 77.0 Å². The molecule has 2 aromatic carbocycles. The van der Waals surface area contributed by atoms with Crippen molar-refractivity contribution in [3.63, 3.8) is 0 Å². The lowest BCUT2D eigenvalue weighted by atomic mass is 9.98. The summed E-state index contributed by atoms with van der Waals surface area (Å²) in [7, 11) is 0. The van der Waals surface area contributed by atoms with Crippen molar-refractivity contribution in [3.8, 4) is 0 Å². The molecule has 3 rings (SSSR count). The highest BCUT2D eigenvalue weighted by atomic mass is 16.6. The first-order valence-corrected chi connectivity index (χ1v) is 7.87. The molecule has 4 heteroatoms. The minimum absolute atomic E-state index is 0.269. The van der Waals surface area contributed by atoms with E-state index in [1.54, 1.807) is 6.92 Å². The van der Waals surface area contributed by atoms with Gasteiger partial charge in [0.1, 0.15) is 11.7 Å². The van der Waals surface area contributed by atoms with Gasteiger partial charge in [-0.15, -0.1) is 0 Å². The van der Waals surface area contributed by atoms with E-state index in [0.29, 0.717) is 5.76 Å². The normalized spacial score (nSPS) is 15.8. The largest absolute Gasteiger partial charge is 0.465 e. The third-order valence-electron chi connectivity index (χ3n) is 3.89. The zero-order chi connectivity index (χ0) is 17.1. The number of carbonyl (C=O) groups is 2. The molecule has 1 aliphatic rings. The van der Waals surface area contributed by atoms with Gasteiger partial charge in [-0.3, -0.25) is 9.59 Å². The van der Waals surface area contributed by atoms with Crippen LogP contribution in [0.4, 0.5) is 0 Å². The molecule has 0 amide bonds. The van der Waals surface area contributed by atoms with Gasteiger partial charge in [-0.2, -0.15) is 0 Å². The van der Waals surface area contributed by atoms with E-state index < -0.39 is 17.9 Å². The monoisotopic (exact) mass is 322 g/mol. The van der Waals surface area contributed by atoms with Crippen LogP contribution in [0.2, 0.25) is 0 Å². The molecule has 0 radical (unpaired) electrons. The van der Waals surface area contributed by atoms with Crippen LogP contribution in [0.25, 0.3) is 5.57 Å². The van der Waals surface area contributed by atoms with Crippen molar-refractivity contribution >= 4 is 17.5 Å². The van der Waals surface area contributed by atoms with Gasteiger partial charge in [0.25, 0.3) is 0 Å². The summed E-state index contributed by atoms with van der Waals surface area (Å²) in [4.78, 5) is 24.2. The van der Waals surface area contributed by atoms with Crippen molar-refractivity contribution in [2.45, 2.75) is 19.8 Å². The van der Waals surface area contributed by atoms with Crippen molar-refractivity contribution in [1.29, 1.82) is 0 Å². The molecular weight excluding hydrogens is 304 g/mol. The molecule has 0 aliphatic heterocycles. The molecule has 4 nitrogen and oxygen atoms in total. The molecule has 1 unspecified atom stereocenters. The van der Waals surface area contributed by atoms with Crippen molar-refractivity contribution in [1.82, 2.24) is 0 Å². The Morgan fingerprint density at radius 1 is 1.00 bits per heavy atom. The molecule has 24 heavy (non-hydrogen) atoms. The van der Waals surface area contributed by atoms with Gasteiger partial charge in [0.2, 0.25) is 0 Å². The van der Waals surface area contributed by atoms with Gasteiger partial charge in [0.05, 0.1) is 6.61 Å². The Kier molecular flexibility index (Phi) is 4.47. The topological polar surface area (TPSA) is 52.6 Å². The third kappa shape index (κ3) is 2.83. The predicted molar refractivity (Wildman–Crippen MR) is 90.0 cm³/mol. The first kappa shape index (κ1) is 16.0. The van der Waals surface area contributed by atoms with Crippen LogP contribution < -0.4 is 0 Å². The second-order valence-corrected chi connectivity index (χ2v) is 5.47. The quantitative estimate of drug-likeness (QED) is 0.806. The molecule has 0 saturated heterocycles. The number of rotatable bonds is 4. The third-order valence-corrected chi connectivity index (χ3v) is 3.89. The highest BCUT2D eigenvalue weighted by molar-refractivity contribution is 5.97. The molecule has 0 saturated carbocycles. The lowest BCUT2D eigenvalue weighted by Crippen LogP contribution is -2.18. The van der Waals surface area contributed by atoms with Crippen LogP contribution in [0.15, 0.2) is 60.4 Å². The van der Waals surface area contributed by atoms with E-state index in [1.165, 1.54) is 6.92 Å². The molecule has 122 valence electrons. The second kappa shape index (κ2) is 6.71. The van der Waals surface area contributed by atoms with Crippen LogP contribution in [0, 0.1) is 0 Å². The Morgan fingerprint density at radius 3 is 2.33 bits per heavy atom. The van der Waals surface area contributed by atoms with Crippen LogP contribution in [-0.4, -0.2) is 18.5 Å². The van der Waals surface area contributed by atoms with Gasteiger partial charge in [-0.25, -0.2) is 0 Å². The van der Waals surface area contributed by atoms with Gasteiger partial charge in [-0.1, -0.05) is 54.6 Å². The minimum atomic E-state index is -0.722. The fraction of sp³-hybridized carbons (Fsp3) is 0.200. The predicted octanol–water partition coefficient (Wildman–Crippen LogP) is 3.67. The second-order valence-electron chi connectivity index (χ2n) is 5.47. The molecule has 1 aliphatic carbocycles. The van der Waals surface area contributed by atoms with E-state index in [1.807, 2.05) is 54.6 Å². The van der Waals surface area contributed by atoms with Crippen LogP contribution in [0.1, 0.15) is 36.5 Å². The minimum Gasteiger partial charge on any atom is -0.465 e. The van der Waals surface area contributed by atoms with Crippen LogP contribution in [-0.2, 0) is 19.1 Å². The maximum atomic E-state index is 12.5. The maximum absolute atomic E-state index is 12.5. The SMILES string of the molecule is CCOC(=O)C1C(OC(C)=O)=C(c2ccccc2)c2ccccc21. The first-order valence-electron chi connectivity index (χ1n) is 7.87. The Morgan fingerprint density at radius 2 is 1.67 bits per heavy atom. The fourth-order valence-corrected chi connectivity index (χ4v) is 3.02. The summed E-state index contributed by atoms with van der Waals surface area (Å²) < 4.78 is 10.7. The Bertz CT molecular complexity index is 805. The molecule has 0 heterocycles. The first-order chi connectivity index (χ1) is 11.6. The highest BCUT2D eigenvalue weighted by Crippen LogP contribution is 2.46. The van der Waals surface area contributed by atoms with E-state index in [-0.39, 0.29) is 6.61 Å². The molecule has 0 aromatic heterocycles. The number of esters is 2. The summed E-state index contributed by atoms with van der Waals surface area (Å²) in [5.41, 5.74) is 3.34. The van der Waals surface area contributed by atoms with E-state index in [0.717, 1.165) is 22.3 Å². The van der Waals surface area contributed by atoms with Crippen molar-refractivity contribution in [2.24, 2.45) is 0 Å². The number of fused-ring (bicyclic) bond motifs is 1. The van der Waals surface area contributed by atoms with Crippen molar-refractivity contribution in [2.75, 3.05) is 6.61 Å². The smallest absolute Gasteiger partial charge is 0.321 e. The summed E-state index contributed by atoms with van der Waals surface area (Å²) in [6, 6.07) is 17.2. The van der Waals surface area contributed by atoms with E-state index in [4.69, 9.17) is 9.47 Å². The number of hydrogen-bond donors (Lipinski definition) is 0. The molecular formula is C20H18O4. The van der Waals surface area contributed by atoms with E-state index in [2.05, 4.69) is 0 Å².